The Balaban J connectivity index is 2.61. The molecule has 2 rings (SSSR count). The first-order valence-electron chi connectivity index (χ1n) is 4.42. The Morgan fingerprint density at radius 1 is 1.07 bits per heavy atom. The molecule has 3 heteroatoms. The maximum absolute atomic E-state index is 11.7. The van der Waals surface area contributed by atoms with Gasteiger partial charge in [0.25, 0.3) is 0 Å². The van der Waals surface area contributed by atoms with Crippen LogP contribution in [0, 0.1) is 0 Å². The first-order chi connectivity index (χ1) is 6.74. The molecule has 0 fully saturated rings. The maximum atomic E-state index is 11.7. The van der Waals surface area contributed by atoms with Crippen LogP contribution in [-0.2, 0) is 0 Å². The van der Waals surface area contributed by atoms with Crippen molar-refractivity contribution in [2.24, 2.45) is 0 Å². The van der Waals surface area contributed by atoms with Crippen molar-refractivity contribution in [3.63, 3.8) is 0 Å². The van der Waals surface area contributed by atoms with E-state index in [4.69, 9.17) is 0 Å². The third-order valence-electron chi connectivity index (χ3n) is 2.30. The van der Waals surface area contributed by atoms with Gasteiger partial charge in [-0.25, -0.2) is 0 Å². The molecule has 70 valence electrons. The molecule has 0 saturated carbocycles. The number of ketones is 2. The first-order valence-corrected chi connectivity index (χ1v) is 4.42. The van der Waals surface area contributed by atoms with Gasteiger partial charge in [0.2, 0.25) is 0 Å². The normalized spacial score (nSPS) is 15.1. The summed E-state index contributed by atoms with van der Waals surface area (Å²) >= 11 is 0. The van der Waals surface area contributed by atoms with Gasteiger partial charge < -0.3 is 5.73 Å². The van der Waals surface area contributed by atoms with Crippen LogP contribution in [0.5, 0.6) is 0 Å². The number of benzene rings is 1. The SMILES string of the molecule is [NH3+]CC1=CC(=O)c2ccccc2C1=O. The van der Waals surface area contributed by atoms with Crippen LogP contribution in [0.1, 0.15) is 20.7 Å². The molecule has 0 unspecified atom stereocenters. The van der Waals surface area contributed by atoms with Gasteiger partial charge in [0.15, 0.2) is 11.6 Å². The lowest BCUT2D eigenvalue weighted by atomic mass is 9.90. The Bertz CT molecular complexity index is 446. The van der Waals surface area contributed by atoms with Crippen molar-refractivity contribution in [2.75, 3.05) is 6.54 Å². The summed E-state index contributed by atoms with van der Waals surface area (Å²) in [5.74, 6) is -0.172. The van der Waals surface area contributed by atoms with E-state index in [9.17, 15) is 9.59 Å². The van der Waals surface area contributed by atoms with Crippen LogP contribution in [0.4, 0.5) is 0 Å². The minimum absolute atomic E-state index is 0.0739. The van der Waals surface area contributed by atoms with Crippen LogP contribution in [0.2, 0.25) is 0 Å². The summed E-state index contributed by atoms with van der Waals surface area (Å²) in [6, 6.07) is 6.87. The molecule has 14 heavy (non-hydrogen) atoms. The van der Waals surface area contributed by atoms with Gasteiger partial charge in [0, 0.05) is 11.1 Å². The maximum Gasteiger partial charge on any atom is 0.195 e. The molecule has 3 N–H and O–H groups in total. The molecule has 1 aliphatic rings. The average molecular weight is 188 g/mol. The largest absolute Gasteiger partial charge is 0.354 e. The number of rotatable bonds is 1. The Labute approximate surface area is 81.2 Å². The Kier molecular flexibility index (Phi) is 2.02. The topological polar surface area (TPSA) is 61.8 Å². The Hall–Kier alpha value is -1.74. The number of carbonyl (C=O) groups excluding carboxylic acids is 2. The first kappa shape index (κ1) is 8.84. The lowest BCUT2D eigenvalue weighted by Gasteiger charge is -2.11. The summed E-state index contributed by atoms with van der Waals surface area (Å²) in [5, 5.41) is 0. The van der Waals surface area contributed by atoms with E-state index < -0.39 is 0 Å². The van der Waals surface area contributed by atoms with Gasteiger partial charge in [-0.15, -0.1) is 0 Å². The molecule has 0 saturated heterocycles. The van der Waals surface area contributed by atoms with Crippen LogP contribution in [0.15, 0.2) is 35.9 Å². The van der Waals surface area contributed by atoms with Crippen LogP contribution >= 0.6 is 0 Å². The smallest absolute Gasteiger partial charge is 0.195 e. The third-order valence-corrected chi connectivity index (χ3v) is 2.30. The van der Waals surface area contributed by atoms with Gasteiger partial charge in [0.05, 0.1) is 5.57 Å². The zero-order valence-electron chi connectivity index (χ0n) is 7.62. The van der Waals surface area contributed by atoms with Crippen LogP contribution in [-0.4, -0.2) is 18.1 Å². The second kappa shape index (κ2) is 3.20. The molecule has 0 bridgehead atoms. The highest BCUT2D eigenvalue weighted by Gasteiger charge is 2.24. The molecule has 1 aromatic carbocycles. The second-order valence-electron chi connectivity index (χ2n) is 3.16. The Morgan fingerprint density at radius 2 is 1.71 bits per heavy atom. The standard InChI is InChI=1S/C11H9NO2/c12-6-7-5-10(13)8-3-1-2-4-9(8)11(7)14/h1-5H,6,12H2/p+1. The summed E-state index contributed by atoms with van der Waals surface area (Å²) < 4.78 is 0. The fourth-order valence-corrected chi connectivity index (χ4v) is 1.56. The van der Waals surface area contributed by atoms with Gasteiger partial charge in [-0.2, -0.15) is 0 Å². The summed E-state index contributed by atoms with van der Waals surface area (Å²) in [5.41, 5.74) is 5.11. The van der Waals surface area contributed by atoms with Crippen LogP contribution in [0.3, 0.4) is 0 Å². The summed E-state index contributed by atoms with van der Waals surface area (Å²) in [6.45, 7) is 0.360. The zero-order valence-corrected chi connectivity index (χ0v) is 7.62. The van der Waals surface area contributed by atoms with Gasteiger partial charge >= 0.3 is 0 Å². The quantitative estimate of drug-likeness (QED) is 0.686. The van der Waals surface area contributed by atoms with Gasteiger partial charge in [0.1, 0.15) is 6.54 Å². The van der Waals surface area contributed by atoms with Crippen molar-refractivity contribution in [3.8, 4) is 0 Å². The van der Waals surface area contributed by atoms with E-state index in [1.165, 1.54) is 6.08 Å². The van der Waals surface area contributed by atoms with E-state index >= 15 is 0 Å². The lowest BCUT2D eigenvalue weighted by molar-refractivity contribution is -0.354. The van der Waals surface area contributed by atoms with E-state index in [1.54, 1.807) is 24.3 Å². The van der Waals surface area contributed by atoms with E-state index in [1.807, 2.05) is 0 Å². The molecule has 0 aromatic heterocycles. The van der Waals surface area contributed by atoms with E-state index in [0.29, 0.717) is 23.2 Å². The third kappa shape index (κ3) is 1.18. The van der Waals surface area contributed by atoms with Gasteiger partial charge in [-0.05, 0) is 6.08 Å². The number of allylic oxidation sites excluding steroid dienone is 1. The molecule has 1 aliphatic carbocycles. The molecule has 0 atom stereocenters. The number of Topliss-reactive ketones (excluding diaryl/α,β-unsaturated/α-hetero) is 1. The number of fused-ring (bicyclic) bond motifs is 1. The lowest BCUT2D eigenvalue weighted by Crippen LogP contribution is -2.52. The van der Waals surface area contributed by atoms with Crippen molar-refractivity contribution in [2.45, 2.75) is 0 Å². The minimum Gasteiger partial charge on any atom is -0.354 e. The molecule has 3 nitrogen and oxygen atoms in total. The Morgan fingerprint density at radius 3 is 2.36 bits per heavy atom. The van der Waals surface area contributed by atoms with Gasteiger partial charge in [-0.1, -0.05) is 24.3 Å². The van der Waals surface area contributed by atoms with Gasteiger partial charge in [-0.3, -0.25) is 9.59 Å². The molecular weight excluding hydrogens is 178 g/mol. The summed E-state index contributed by atoms with van der Waals surface area (Å²) in [6.07, 6.45) is 1.39. The highest BCUT2D eigenvalue weighted by Crippen LogP contribution is 2.19. The predicted molar refractivity (Wildman–Crippen MR) is 50.9 cm³/mol. The highest BCUT2D eigenvalue weighted by atomic mass is 16.1. The number of carbonyl (C=O) groups is 2. The average Bonchev–Trinajstić information content (AvgIpc) is 2.23. The zero-order chi connectivity index (χ0) is 10.1. The van der Waals surface area contributed by atoms with E-state index in [2.05, 4.69) is 5.73 Å². The molecule has 0 radical (unpaired) electrons. The minimum atomic E-state index is -0.0983. The van der Waals surface area contributed by atoms with Crippen molar-refractivity contribution < 1.29 is 15.3 Å². The van der Waals surface area contributed by atoms with E-state index in [0.717, 1.165) is 0 Å². The second-order valence-corrected chi connectivity index (χ2v) is 3.16. The predicted octanol–water partition coefficient (Wildman–Crippen LogP) is 0.234. The number of hydrogen-bond donors (Lipinski definition) is 1. The summed E-state index contributed by atoms with van der Waals surface area (Å²) in [4.78, 5) is 23.3. The van der Waals surface area contributed by atoms with E-state index in [-0.39, 0.29) is 11.6 Å². The van der Waals surface area contributed by atoms with Crippen LogP contribution in [0.25, 0.3) is 0 Å². The molecule has 1 aromatic rings. The highest BCUT2D eigenvalue weighted by molar-refractivity contribution is 6.24. The molecule has 0 amide bonds. The monoisotopic (exact) mass is 188 g/mol. The van der Waals surface area contributed by atoms with Crippen molar-refractivity contribution in [1.82, 2.24) is 0 Å². The molecule has 0 heterocycles. The fraction of sp³-hybridized carbons (Fsp3) is 0.0909. The van der Waals surface area contributed by atoms with Crippen molar-refractivity contribution >= 4 is 11.6 Å². The summed E-state index contributed by atoms with van der Waals surface area (Å²) in [7, 11) is 0. The molecule has 0 spiro atoms. The fourth-order valence-electron chi connectivity index (χ4n) is 1.56. The molecule has 0 aliphatic heterocycles. The van der Waals surface area contributed by atoms with Crippen molar-refractivity contribution in [1.29, 1.82) is 0 Å². The molecular formula is C11H10NO2+. The van der Waals surface area contributed by atoms with Crippen LogP contribution < -0.4 is 5.73 Å². The number of quaternary nitrogens is 1. The number of hydrogen-bond acceptors (Lipinski definition) is 2. The van der Waals surface area contributed by atoms with Crippen molar-refractivity contribution in [3.05, 3.63) is 47.0 Å².